The molecule has 2 N–H and O–H groups in total. The van der Waals surface area contributed by atoms with Gasteiger partial charge in [0.15, 0.2) is 0 Å². The van der Waals surface area contributed by atoms with E-state index in [1.54, 1.807) is 12.3 Å². The highest BCUT2D eigenvalue weighted by Gasteiger charge is 2.00. The summed E-state index contributed by atoms with van der Waals surface area (Å²) >= 11 is 0. The number of imidazole rings is 1. The zero-order valence-corrected chi connectivity index (χ0v) is 8.09. The summed E-state index contributed by atoms with van der Waals surface area (Å²) in [5, 5.41) is 4.10. The predicted octanol–water partition coefficient (Wildman–Crippen LogP) is 0.441. The van der Waals surface area contributed by atoms with Gasteiger partial charge in [-0.05, 0) is 6.07 Å². The molecule has 0 saturated carbocycles. The molecular weight excluding hydrogens is 178 g/mol. The average molecular weight is 191 g/mol. The van der Waals surface area contributed by atoms with Crippen LogP contribution in [0.25, 0.3) is 0 Å². The first kappa shape index (κ1) is 8.80. The number of hydrogen-bond donors (Lipinski definition) is 1. The lowest BCUT2D eigenvalue weighted by Gasteiger charge is -2.01. The van der Waals surface area contributed by atoms with Crippen molar-refractivity contribution in [3.63, 3.8) is 0 Å². The lowest BCUT2D eigenvalue weighted by Crippen LogP contribution is -2.06. The molecule has 0 bridgehead atoms. The Morgan fingerprint density at radius 1 is 1.43 bits per heavy atom. The molecule has 74 valence electrons. The number of anilines is 1. The van der Waals surface area contributed by atoms with Crippen molar-refractivity contribution in [3.05, 3.63) is 30.5 Å². The molecule has 0 saturated heterocycles. The highest BCUT2D eigenvalue weighted by atomic mass is 15.3. The molecule has 0 spiro atoms. The van der Waals surface area contributed by atoms with Gasteiger partial charge in [-0.2, -0.15) is 5.10 Å². The second kappa shape index (κ2) is 3.53. The third-order valence-corrected chi connectivity index (χ3v) is 2.15. The van der Waals surface area contributed by atoms with Crippen molar-refractivity contribution in [2.24, 2.45) is 7.05 Å². The summed E-state index contributed by atoms with van der Waals surface area (Å²) in [6, 6.07) is 1.79. The number of rotatable bonds is 3. The van der Waals surface area contributed by atoms with Crippen LogP contribution in [0.2, 0.25) is 0 Å². The lowest BCUT2D eigenvalue weighted by molar-refractivity contribution is 0.591. The SMILES string of the molecule is Cn1ccnc1CCn1ccc(N)n1. The van der Waals surface area contributed by atoms with E-state index in [9.17, 15) is 0 Å². The van der Waals surface area contributed by atoms with Crippen LogP contribution >= 0.6 is 0 Å². The van der Waals surface area contributed by atoms with Crippen LogP contribution in [-0.2, 0) is 20.0 Å². The fraction of sp³-hybridized carbons (Fsp3) is 0.333. The van der Waals surface area contributed by atoms with Crippen LogP contribution in [-0.4, -0.2) is 19.3 Å². The number of nitrogen functional groups attached to an aromatic ring is 1. The van der Waals surface area contributed by atoms with E-state index in [0.29, 0.717) is 5.82 Å². The molecule has 0 fully saturated rings. The first-order valence-corrected chi connectivity index (χ1v) is 4.51. The van der Waals surface area contributed by atoms with Crippen LogP contribution in [0.15, 0.2) is 24.7 Å². The van der Waals surface area contributed by atoms with E-state index >= 15 is 0 Å². The standard InChI is InChI=1S/C9H13N5/c1-13-7-4-11-9(13)3-6-14-5-2-8(10)12-14/h2,4-5,7H,3,6H2,1H3,(H2,10,12). The lowest BCUT2D eigenvalue weighted by atomic mass is 10.4. The quantitative estimate of drug-likeness (QED) is 0.765. The van der Waals surface area contributed by atoms with Crippen molar-refractivity contribution in [3.8, 4) is 0 Å². The minimum Gasteiger partial charge on any atom is -0.382 e. The van der Waals surface area contributed by atoms with E-state index in [1.165, 1.54) is 0 Å². The minimum absolute atomic E-state index is 0.560. The number of nitrogens with zero attached hydrogens (tertiary/aromatic N) is 4. The average Bonchev–Trinajstić information content (AvgIpc) is 2.72. The molecule has 14 heavy (non-hydrogen) atoms. The van der Waals surface area contributed by atoms with Crippen molar-refractivity contribution in [1.82, 2.24) is 19.3 Å². The molecule has 0 aliphatic heterocycles. The van der Waals surface area contributed by atoms with E-state index in [4.69, 9.17) is 5.73 Å². The number of hydrogen-bond acceptors (Lipinski definition) is 3. The second-order valence-electron chi connectivity index (χ2n) is 3.21. The molecule has 2 rings (SSSR count). The third-order valence-electron chi connectivity index (χ3n) is 2.15. The normalized spacial score (nSPS) is 10.6. The Morgan fingerprint density at radius 2 is 2.29 bits per heavy atom. The molecule has 0 aliphatic rings. The minimum atomic E-state index is 0.560. The Kier molecular flexibility index (Phi) is 2.22. The smallest absolute Gasteiger partial charge is 0.145 e. The Hall–Kier alpha value is -1.78. The zero-order valence-electron chi connectivity index (χ0n) is 8.09. The molecule has 5 nitrogen and oxygen atoms in total. The van der Waals surface area contributed by atoms with Gasteiger partial charge in [0.05, 0.1) is 0 Å². The van der Waals surface area contributed by atoms with Gasteiger partial charge in [0.2, 0.25) is 0 Å². The van der Waals surface area contributed by atoms with Crippen molar-refractivity contribution < 1.29 is 0 Å². The van der Waals surface area contributed by atoms with Gasteiger partial charge in [0.1, 0.15) is 11.6 Å². The van der Waals surface area contributed by atoms with E-state index in [-0.39, 0.29) is 0 Å². The van der Waals surface area contributed by atoms with Crippen molar-refractivity contribution in [2.45, 2.75) is 13.0 Å². The van der Waals surface area contributed by atoms with Crippen LogP contribution in [0, 0.1) is 0 Å². The van der Waals surface area contributed by atoms with E-state index < -0.39 is 0 Å². The fourth-order valence-electron chi connectivity index (χ4n) is 1.35. The van der Waals surface area contributed by atoms with Gasteiger partial charge in [-0.15, -0.1) is 0 Å². The first-order valence-electron chi connectivity index (χ1n) is 4.51. The highest BCUT2D eigenvalue weighted by molar-refractivity contribution is 5.23. The molecule has 0 atom stereocenters. The summed E-state index contributed by atoms with van der Waals surface area (Å²) in [7, 11) is 1.99. The second-order valence-corrected chi connectivity index (χ2v) is 3.21. The largest absolute Gasteiger partial charge is 0.382 e. The maximum atomic E-state index is 5.50. The Balaban J connectivity index is 1.98. The molecular formula is C9H13N5. The van der Waals surface area contributed by atoms with Crippen LogP contribution in [0.3, 0.4) is 0 Å². The first-order chi connectivity index (χ1) is 6.75. The molecule has 0 aliphatic carbocycles. The van der Waals surface area contributed by atoms with Crippen molar-refractivity contribution in [1.29, 1.82) is 0 Å². The summed E-state index contributed by atoms with van der Waals surface area (Å²) < 4.78 is 3.83. The van der Waals surface area contributed by atoms with Crippen LogP contribution in [0.1, 0.15) is 5.82 Å². The fourth-order valence-corrected chi connectivity index (χ4v) is 1.35. The molecule has 0 amide bonds. The van der Waals surface area contributed by atoms with E-state index in [0.717, 1.165) is 18.8 Å². The van der Waals surface area contributed by atoms with Gasteiger partial charge in [0, 0.05) is 38.6 Å². The molecule has 0 aromatic carbocycles. The van der Waals surface area contributed by atoms with Crippen LogP contribution < -0.4 is 5.73 Å². The Labute approximate surface area is 82.2 Å². The van der Waals surface area contributed by atoms with E-state index in [1.807, 2.05) is 28.7 Å². The molecule has 0 radical (unpaired) electrons. The van der Waals surface area contributed by atoms with Crippen molar-refractivity contribution >= 4 is 5.82 Å². The molecule has 0 unspecified atom stereocenters. The van der Waals surface area contributed by atoms with Crippen LogP contribution in [0.4, 0.5) is 5.82 Å². The summed E-state index contributed by atoms with van der Waals surface area (Å²) in [6.45, 7) is 0.808. The summed E-state index contributed by atoms with van der Waals surface area (Å²) in [5.41, 5.74) is 5.50. The highest BCUT2D eigenvalue weighted by Crippen LogP contribution is 2.00. The van der Waals surface area contributed by atoms with Gasteiger partial charge in [0.25, 0.3) is 0 Å². The number of aryl methyl sites for hydroxylation is 3. The monoisotopic (exact) mass is 191 g/mol. The molecule has 2 aromatic rings. The van der Waals surface area contributed by atoms with Crippen LogP contribution in [0.5, 0.6) is 0 Å². The third kappa shape index (κ3) is 1.76. The van der Waals surface area contributed by atoms with Gasteiger partial charge in [-0.25, -0.2) is 4.98 Å². The van der Waals surface area contributed by atoms with Gasteiger partial charge in [-0.3, -0.25) is 4.68 Å². The molecule has 2 aromatic heterocycles. The zero-order chi connectivity index (χ0) is 9.97. The van der Waals surface area contributed by atoms with Crippen molar-refractivity contribution in [2.75, 3.05) is 5.73 Å². The topological polar surface area (TPSA) is 61.7 Å². The number of nitrogens with two attached hydrogens (primary N) is 1. The van der Waals surface area contributed by atoms with Gasteiger partial charge < -0.3 is 10.3 Å². The Bertz CT molecular complexity index is 414. The van der Waals surface area contributed by atoms with Gasteiger partial charge >= 0.3 is 0 Å². The Morgan fingerprint density at radius 3 is 2.86 bits per heavy atom. The predicted molar refractivity (Wildman–Crippen MR) is 53.6 cm³/mol. The summed E-state index contributed by atoms with van der Waals surface area (Å²) in [6.07, 6.45) is 6.47. The van der Waals surface area contributed by atoms with E-state index in [2.05, 4.69) is 10.1 Å². The van der Waals surface area contributed by atoms with Gasteiger partial charge in [-0.1, -0.05) is 0 Å². The number of aromatic nitrogens is 4. The summed E-state index contributed by atoms with van der Waals surface area (Å²) in [5.74, 6) is 1.61. The maximum Gasteiger partial charge on any atom is 0.145 e. The maximum absolute atomic E-state index is 5.50. The molecule has 2 heterocycles. The summed E-state index contributed by atoms with van der Waals surface area (Å²) in [4.78, 5) is 4.23. The molecule has 5 heteroatoms.